The zero-order valence-electron chi connectivity index (χ0n) is 27.5. The van der Waals surface area contributed by atoms with Crippen molar-refractivity contribution in [1.82, 2.24) is 20.5 Å². The van der Waals surface area contributed by atoms with E-state index in [2.05, 4.69) is 54.0 Å². The van der Waals surface area contributed by atoms with E-state index < -0.39 is 11.1 Å². The van der Waals surface area contributed by atoms with Gasteiger partial charge in [0.15, 0.2) is 11.6 Å². The van der Waals surface area contributed by atoms with E-state index >= 15 is 0 Å². The van der Waals surface area contributed by atoms with Crippen molar-refractivity contribution in [2.75, 3.05) is 17.7 Å². The molecule has 0 spiro atoms. The van der Waals surface area contributed by atoms with Gasteiger partial charge in [0.1, 0.15) is 11.5 Å². The molecule has 2 aromatic rings. The molecular formula is C30H54N6O4. The molecule has 0 aliphatic carbocycles. The van der Waals surface area contributed by atoms with Crippen LogP contribution >= 0.6 is 0 Å². The van der Waals surface area contributed by atoms with Gasteiger partial charge in [-0.25, -0.2) is 0 Å². The average molecular weight is 563 g/mol. The van der Waals surface area contributed by atoms with Crippen LogP contribution in [0.2, 0.25) is 0 Å². The van der Waals surface area contributed by atoms with Crippen LogP contribution in [0.25, 0.3) is 0 Å². The van der Waals surface area contributed by atoms with Crippen molar-refractivity contribution in [2.45, 2.75) is 137 Å². The second-order valence-corrected chi connectivity index (χ2v) is 13.9. The molecule has 3 N–H and O–H groups in total. The van der Waals surface area contributed by atoms with Gasteiger partial charge >= 0.3 is 0 Å². The highest BCUT2D eigenvalue weighted by atomic mass is 16.5. The molecule has 0 bridgehead atoms. The van der Waals surface area contributed by atoms with Crippen LogP contribution in [0, 0.1) is 0 Å². The van der Waals surface area contributed by atoms with Crippen molar-refractivity contribution in [1.29, 1.82) is 0 Å². The lowest BCUT2D eigenvalue weighted by molar-refractivity contribution is -0.126. The van der Waals surface area contributed by atoms with Crippen LogP contribution < -0.4 is 16.0 Å². The van der Waals surface area contributed by atoms with Gasteiger partial charge in [-0.1, -0.05) is 58.8 Å². The van der Waals surface area contributed by atoms with Crippen LogP contribution in [-0.2, 0) is 20.4 Å². The largest absolute Gasteiger partial charge is 0.359 e. The number of rotatable bonds is 9. The fraction of sp³-hybridized carbons (Fsp3) is 0.733. The molecule has 2 heterocycles. The van der Waals surface area contributed by atoms with Gasteiger partial charge in [-0.05, 0) is 61.9 Å². The van der Waals surface area contributed by atoms with Crippen molar-refractivity contribution >= 4 is 23.5 Å². The van der Waals surface area contributed by atoms with E-state index in [4.69, 9.17) is 9.05 Å². The van der Waals surface area contributed by atoms with Gasteiger partial charge < -0.3 is 25.0 Å². The number of nitrogens with zero attached hydrogens (tertiary/aromatic N) is 3. The summed E-state index contributed by atoms with van der Waals surface area (Å²) in [6.07, 6.45) is 0.967. The lowest BCUT2D eigenvalue weighted by Crippen LogP contribution is -2.53. The van der Waals surface area contributed by atoms with Gasteiger partial charge in [-0.2, -0.15) is 0 Å². The van der Waals surface area contributed by atoms with Crippen LogP contribution in [0.3, 0.4) is 0 Å². The van der Waals surface area contributed by atoms with Gasteiger partial charge in [0.05, 0.1) is 11.1 Å². The van der Waals surface area contributed by atoms with Crippen LogP contribution in [0.15, 0.2) is 21.2 Å². The van der Waals surface area contributed by atoms with Crippen molar-refractivity contribution in [2.24, 2.45) is 0 Å². The summed E-state index contributed by atoms with van der Waals surface area (Å²) < 4.78 is 10.5. The molecule has 0 radical (unpaired) electrons. The first kappa shape index (κ1) is 35.3. The second kappa shape index (κ2) is 13.3. The molecule has 0 saturated carbocycles. The number of anilines is 2. The Labute approximate surface area is 241 Å². The Morgan fingerprint density at radius 3 is 1.52 bits per heavy atom. The van der Waals surface area contributed by atoms with Crippen molar-refractivity contribution < 1.29 is 18.6 Å². The van der Waals surface area contributed by atoms with E-state index in [1.54, 1.807) is 12.1 Å². The molecule has 2 rings (SSSR count). The van der Waals surface area contributed by atoms with Crippen LogP contribution in [0.1, 0.15) is 115 Å². The van der Waals surface area contributed by atoms with Crippen LogP contribution in [0.5, 0.6) is 0 Å². The summed E-state index contributed by atoms with van der Waals surface area (Å²) >= 11 is 0. The van der Waals surface area contributed by atoms with Gasteiger partial charge in [0.25, 0.3) is 0 Å². The zero-order chi connectivity index (χ0) is 31.3. The highest BCUT2D eigenvalue weighted by Gasteiger charge is 2.34. The molecule has 1 atom stereocenters. The average Bonchev–Trinajstić information content (AvgIpc) is 3.48. The van der Waals surface area contributed by atoms with Crippen molar-refractivity contribution in [3.63, 3.8) is 0 Å². The van der Waals surface area contributed by atoms with E-state index in [0.717, 1.165) is 17.9 Å². The maximum atomic E-state index is 12.4. The number of hydrogen-bond donors (Lipinski definition) is 3. The van der Waals surface area contributed by atoms with E-state index in [1.807, 2.05) is 81.2 Å². The Morgan fingerprint density at radius 1 is 0.800 bits per heavy atom. The third kappa shape index (κ3) is 10.0. The number of likely N-dealkylation sites (N-methyl/N-ethyl adjacent to an activating group) is 1. The number of nitrogens with one attached hydrogen (secondary N) is 3. The minimum atomic E-state index is -0.656. The third-order valence-corrected chi connectivity index (χ3v) is 6.98. The van der Waals surface area contributed by atoms with Crippen LogP contribution in [0.4, 0.5) is 11.6 Å². The number of carbonyl (C=O) groups is 2. The predicted molar refractivity (Wildman–Crippen MR) is 162 cm³/mol. The molecule has 2 amide bonds. The minimum Gasteiger partial charge on any atom is -0.359 e. The highest BCUT2D eigenvalue weighted by molar-refractivity contribution is 5.97. The summed E-state index contributed by atoms with van der Waals surface area (Å²) in [6.45, 7) is 28.0. The van der Waals surface area contributed by atoms with Gasteiger partial charge in [0, 0.05) is 35.0 Å². The summed E-state index contributed by atoms with van der Waals surface area (Å²) in [5.74, 6) is 2.21. The third-order valence-electron chi connectivity index (χ3n) is 6.98. The lowest BCUT2D eigenvalue weighted by atomic mass is 9.93. The highest BCUT2D eigenvalue weighted by Crippen LogP contribution is 2.26. The van der Waals surface area contributed by atoms with Gasteiger partial charge in [-0.15, -0.1) is 0 Å². The van der Waals surface area contributed by atoms with Crippen molar-refractivity contribution in [3.8, 4) is 0 Å². The predicted octanol–water partition coefficient (Wildman–Crippen LogP) is 6.11. The molecule has 0 aromatic carbocycles. The summed E-state index contributed by atoms with van der Waals surface area (Å²) in [4.78, 5) is 26.7. The molecule has 10 nitrogen and oxygen atoms in total. The first-order valence-corrected chi connectivity index (χ1v) is 14.1. The van der Waals surface area contributed by atoms with Crippen molar-refractivity contribution in [3.05, 3.63) is 23.7 Å². The summed E-state index contributed by atoms with van der Waals surface area (Å²) in [5.41, 5.74) is -1.52. The first-order valence-electron chi connectivity index (χ1n) is 14.1. The molecular weight excluding hydrogens is 508 g/mol. The topological polar surface area (TPSA) is 126 Å². The zero-order valence-corrected chi connectivity index (χ0v) is 27.5. The lowest BCUT2D eigenvalue weighted by Gasteiger charge is -2.36. The van der Waals surface area contributed by atoms with E-state index in [0.29, 0.717) is 11.6 Å². The quantitative estimate of drug-likeness (QED) is 0.334. The maximum absolute atomic E-state index is 12.4. The fourth-order valence-electron chi connectivity index (χ4n) is 3.51. The summed E-state index contributed by atoms with van der Waals surface area (Å²) in [5, 5.41) is 16.7. The first-order chi connectivity index (χ1) is 18.0. The van der Waals surface area contributed by atoms with Gasteiger partial charge in [0.2, 0.25) is 11.8 Å². The molecule has 1 unspecified atom stereocenters. The van der Waals surface area contributed by atoms with E-state index in [9.17, 15) is 9.59 Å². The summed E-state index contributed by atoms with van der Waals surface area (Å²) in [6, 6.07) is 4.11. The standard InChI is InChI=1S/2C15H27N3O2/c1-10(2)18(8)15(6,7)13(19)16-12-9-11(20-17-12)14(3,4)5;1-8-10(2)17-15(6,7)13(19)16-12-9-11(20-18-12)14(3,4)5/h9-10H,1-8H3,(H,16,17,19);9-10,17H,8H2,1-7H3,(H,16,18,19). The van der Waals surface area contributed by atoms with E-state index in [1.165, 1.54) is 0 Å². The minimum absolute atomic E-state index is 0.0949. The number of amides is 2. The number of carbonyl (C=O) groups excluding carboxylic acids is 2. The smallest absolute Gasteiger partial charge is 0.245 e. The Kier molecular flexibility index (Phi) is 11.7. The Balaban J connectivity index is 0.000000400. The molecule has 0 fully saturated rings. The molecule has 0 aliphatic heterocycles. The SMILES string of the molecule is CC(C)N(C)C(C)(C)C(=O)Nc1cc(C(C)(C)C)on1.CCC(C)NC(C)(C)C(=O)Nc1cc(C(C)(C)C)on1. The second-order valence-electron chi connectivity index (χ2n) is 13.9. The molecule has 10 heteroatoms. The number of aromatic nitrogens is 2. The fourth-order valence-corrected chi connectivity index (χ4v) is 3.51. The monoisotopic (exact) mass is 562 g/mol. The molecule has 228 valence electrons. The maximum Gasteiger partial charge on any atom is 0.245 e. The molecule has 40 heavy (non-hydrogen) atoms. The molecule has 2 aromatic heterocycles. The van der Waals surface area contributed by atoms with E-state index in [-0.39, 0.29) is 34.7 Å². The molecule has 0 saturated heterocycles. The Morgan fingerprint density at radius 2 is 1.20 bits per heavy atom. The van der Waals surface area contributed by atoms with Crippen LogP contribution in [-0.4, -0.2) is 57.2 Å². The Bertz CT molecular complexity index is 1100. The normalized spacial score (nSPS) is 13.6. The summed E-state index contributed by atoms with van der Waals surface area (Å²) in [7, 11) is 1.94. The molecule has 0 aliphatic rings. The number of hydrogen-bond acceptors (Lipinski definition) is 8. The Hall–Kier alpha value is -2.72. The van der Waals surface area contributed by atoms with Gasteiger partial charge in [-0.3, -0.25) is 14.5 Å².